The molecule has 7 heteroatoms. The predicted molar refractivity (Wildman–Crippen MR) is 119 cm³/mol. The maximum absolute atomic E-state index is 4.90. The van der Waals surface area contributed by atoms with E-state index in [1.165, 1.54) is 57.8 Å². The first-order chi connectivity index (χ1) is 13.4. The maximum atomic E-state index is 4.90. The molecule has 0 bridgehead atoms. The molecule has 0 aromatic rings. The van der Waals surface area contributed by atoms with Crippen LogP contribution in [0.15, 0.2) is 24.4 Å². The summed E-state index contributed by atoms with van der Waals surface area (Å²) in [6.07, 6.45) is 20.0. The van der Waals surface area contributed by atoms with Crippen molar-refractivity contribution in [1.82, 2.24) is 0 Å². The van der Waals surface area contributed by atoms with Gasteiger partial charge in [-0.15, -0.1) is 51.9 Å². The molecule has 3 fully saturated rings. The Morgan fingerprint density at radius 1 is 0.556 bits per heavy atom. The van der Waals surface area contributed by atoms with Gasteiger partial charge in [0.1, 0.15) is 0 Å². The van der Waals surface area contributed by atoms with E-state index in [0.29, 0.717) is 0 Å². The van der Waals surface area contributed by atoms with Crippen LogP contribution in [0.4, 0.5) is 0 Å². The minimum absolute atomic E-state index is 0.639. The van der Waals surface area contributed by atoms with E-state index < -0.39 is 15.4 Å². The second kappa shape index (κ2) is 26.4. The molecule has 0 aliphatic carbocycles. The van der Waals surface area contributed by atoms with E-state index in [4.69, 9.17) is 19.3 Å². The van der Waals surface area contributed by atoms with Gasteiger partial charge >= 0.3 is 34.7 Å². The van der Waals surface area contributed by atoms with Crippen LogP contribution in [-0.4, -0.2) is 45.8 Å². The zero-order chi connectivity index (χ0) is 19.7. The first-order valence-corrected chi connectivity index (χ1v) is 16.4. The second-order valence-corrected chi connectivity index (χ2v) is 10.1. The molecular formula is C20H36Cl2N4Os-4. The van der Waals surface area contributed by atoms with Gasteiger partial charge in [-0.2, -0.15) is 6.20 Å². The Bertz CT molecular complexity index is 244. The summed E-state index contributed by atoms with van der Waals surface area (Å²) in [7, 11) is 9.81. The summed E-state index contributed by atoms with van der Waals surface area (Å²) in [6, 6.07) is 0. The normalized spacial score (nSPS) is 20.7. The molecule has 0 aromatic carbocycles. The Labute approximate surface area is 183 Å². The molecule has 0 saturated carbocycles. The Hall–Kier alpha value is 0.376. The van der Waals surface area contributed by atoms with Crippen LogP contribution in [0, 0.1) is 0 Å². The number of halogens is 2. The molecule has 0 unspecified atom stereocenters. The van der Waals surface area contributed by atoms with Gasteiger partial charge in [-0.1, -0.05) is 69.9 Å². The van der Waals surface area contributed by atoms with E-state index in [-0.39, 0.29) is 0 Å². The van der Waals surface area contributed by atoms with Crippen molar-refractivity contribution in [3.05, 3.63) is 45.7 Å². The monoisotopic (exact) mass is 594 g/mol. The average molecular weight is 594 g/mol. The number of rotatable bonds is 0. The summed E-state index contributed by atoms with van der Waals surface area (Å²) in [5.74, 6) is 0. The Morgan fingerprint density at radius 3 is 1.00 bits per heavy atom. The van der Waals surface area contributed by atoms with Crippen molar-refractivity contribution < 1.29 is 15.4 Å². The Morgan fingerprint density at radius 2 is 0.926 bits per heavy atom. The van der Waals surface area contributed by atoms with E-state index in [1.54, 1.807) is 6.20 Å². The second-order valence-electron chi connectivity index (χ2n) is 6.38. The fourth-order valence-electron chi connectivity index (χ4n) is 2.58. The number of hydrogen-bond acceptors (Lipinski definition) is 0. The summed E-state index contributed by atoms with van der Waals surface area (Å²) in [4.78, 5) is 0. The third-order valence-corrected chi connectivity index (χ3v) is 4.05. The molecule has 4 heterocycles. The summed E-state index contributed by atoms with van der Waals surface area (Å²) in [6.45, 7) is 7.61. The Balaban J connectivity index is 0.000000319. The molecule has 0 radical (unpaired) electrons. The van der Waals surface area contributed by atoms with Crippen molar-refractivity contribution >= 4 is 19.3 Å². The molecule has 0 atom stereocenters. The van der Waals surface area contributed by atoms with Crippen LogP contribution in [0.3, 0.4) is 0 Å². The van der Waals surface area contributed by atoms with Crippen molar-refractivity contribution in [3.63, 3.8) is 0 Å². The van der Waals surface area contributed by atoms with Crippen LogP contribution in [0.1, 0.15) is 57.8 Å². The van der Waals surface area contributed by atoms with Gasteiger partial charge in [-0.3, -0.25) is 0 Å². The average Bonchev–Trinajstić information content (AvgIpc) is 2.80. The van der Waals surface area contributed by atoms with Crippen molar-refractivity contribution in [2.45, 2.75) is 57.8 Å². The molecule has 0 amide bonds. The van der Waals surface area contributed by atoms with Crippen LogP contribution in [-0.2, 0) is 15.4 Å². The van der Waals surface area contributed by atoms with Gasteiger partial charge in [-0.05, 0) is 0 Å². The van der Waals surface area contributed by atoms with Gasteiger partial charge in [0.15, 0.2) is 0 Å². The van der Waals surface area contributed by atoms with E-state index >= 15 is 0 Å². The zero-order valence-electron chi connectivity index (χ0n) is 16.5. The standard InChI is InChI=1S/3C5H10N.C5H6N.2ClH.Os/c4*1-2-4-6-5-3-1;;;/h3*1-5H2;1-4H,5H2;2*1H;/q4*-1;;;+2/p-2. The molecule has 3 saturated heterocycles. The van der Waals surface area contributed by atoms with E-state index in [1.807, 2.05) is 18.2 Å². The molecule has 0 aromatic heterocycles. The summed E-state index contributed by atoms with van der Waals surface area (Å²) < 4.78 is 0. The topological polar surface area (TPSA) is 56.4 Å². The zero-order valence-corrected chi connectivity index (χ0v) is 20.6. The van der Waals surface area contributed by atoms with Gasteiger partial charge in [0.2, 0.25) is 0 Å². The van der Waals surface area contributed by atoms with Crippen LogP contribution in [0.2, 0.25) is 0 Å². The van der Waals surface area contributed by atoms with Crippen molar-refractivity contribution in [2.75, 3.05) is 45.8 Å². The fraction of sp³-hybridized carbons (Fsp3) is 0.800. The Kier molecular flexibility index (Phi) is 26.7. The molecule has 27 heavy (non-hydrogen) atoms. The van der Waals surface area contributed by atoms with Gasteiger partial charge < -0.3 is 21.3 Å². The van der Waals surface area contributed by atoms with Gasteiger partial charge in [0, 0.05) is 0 Å². The molecule has 4 nitrogen and oxygen atoms in total. The van der Waals surface area contributed by atoms with Crippen LogP contribution >= 0.6 is 19.3 Å². The van der Waals surface area contributed by atoms with E-state index in [0.717, 1.165) is 45.8 Å². The SMILES string of the molecule is C1=CC[N-]C=C1.C1CC[N-]CC1.C1CC[N-]CC1.C1CC[N-]CC1.[Cl][Os][Cl]. The third-order valence-electron chi connectivity index (χ3n) is 4.05. The van der Waals surface area contributed by atoms with Crippen molar-refractivity contribution in [1.29, 1.82) is 0 Å². The molecule has 162 valence electrons. The summed E-state index contributed by atoms with van der Waals surface area (Å²) >= 11 is -0.639. The molecule has 0 N–H and O–H groups in total. The summed E-state index contributed by atoms with van der Waals surface area (Å²) in [5, 5.41) is 16.4. The van der Waals surface area contributed by atoms with Gasteiger partial charge in [-0.25, -0.2) is 0 Å². The fourth-order valence-corrected chi connectivity index (χ4v) is 2.58. The molecular weight excluding hydrogens is 557 g/mol. The number of allylic oxidation sites excluding steroid dienone is 2. The summed E-state index contributed by atoms with van der Waals surface area (Å²) in [5.41, 5.74) is 0. The van der Waals surface area contributed by atoms with Gasteiger partial charge in [0.05, 0.1) is 0 Å². The third kappa shape index (κ3) is 26.4. The van der Waals surface area contributed by atoms with Crippen LogP contribution < -0.4 is 0 Å². The predicted octanol–water partition coefficient (Wildman–Crippen LogP) is 7.45. The minimum atomic E-state index is -0.639. The van der Waals surface area contributed by atoms with Crippen LogP contribution in [0.25, 0.3) is 21.3 Å². The van der Waals surface area contributed by atoms with Crippen molar-refractivity contribution in [2.24, 2.45) is 0 Å². The van der Waals surface area contributed by atoms with Crippen LogP contribution in [0.5, 0.6) is 0 Å². The van der Waals surface area contributed by atoms with E-state index in [9.17, 15) is 0 Å². The first kappa shape index (κ1) is 27.4. The number of hydrogen-bond donors (Lipinski definition) is 0. The molecule has 4 aliphatic heterocycles. The first-order valence-electron chi connectivity index (χ1n) is 10.1. The molecule has 4 rings (SSSR count). The molecule has 0 spiro atoms. The molecule has 4 aliphatic rings. The van der Waals surface area contributed by atoms with Crippen molar-refractivity contribution in [3.8, 4) is 0 Å². The van der Waals surface area contributed by atoms with Gasteiger partial charge in [0.25, 0.3) is 0 Å². The quantitative estimate of drug-likeness (QED) is 0.280. The number of piperidine rings is 3. The number of nitrogens with zero attached hydrogens (tertiary/aromatic N) is 4. The van der Waals surface area contributed by atoms with E-state index in [2.05, 4.69) is 21.3 Å².